The van der Waals surface area contributed by atoms with Crippen LogP contribution >= 0.6 is 0 Å². The van der Waals surface area contributed by atoms with Gasteiger partial charge in [0, 0.05) is 23.8 Å². The van der Waals surface area contributed by atoms with Crippen LogP contribution in [0.2, 0.25) is 0 Å². The zero-order valence-electron chi connectivity index (χ0n) is 14.3. The van der Waals surface area contributed by atoms with E-state index in [1.165, 1.54) is 24.3 Å². The molecule has 26 heavy (non-hydrogen) atoms. The first kappa shape index (κ1) is 16.6. The van der Waals surface area contributed by atoms with E-state index in [4.69, 9.17) is 0 Å². The van der Waals surface area contributed by atoms with Gasteiger partial charge < -0.3 is 0 Å². The van der Waals surface area contributed by atoms with Gasteiger partial charge in [-0.05, 0) is 49.2 Å². The monoisotopic (exact) mass is 355 g/mol. The Labute approximate surface area is 148 Å². The van der Waals surface area contributed by atoms with Gasteiger partial charge in [0.25, 0.3) is 0 Å². The van der Waals surface area contributed by atoms with Crippen molar-refractivity contribution >= 4 is 11.5 Å². The molecule has 0 fully saturated rings. The maximum atomic E-state index is 13.7. The number of nitrogens with zero attached hydrogens (tertiary/aromatic N) is 3. The van der Waals surface area contributed by atoms with Crippen molar-refractivity contribution in [2.45, 2.75) is 26.3 Å². The SMILES string of the molecule is CC1=Nc2c(-c3ccc(F)cc3)c(C)nn2[C@@H](c2cc(F)cc(F)c2)C1. The van der Waals surface area contributed by atoms with E-state index in [2.05, 4.69) is 10.1 Å². The van der Waals surface area contributed by atoms with Crippen LogP contribution in [0.4, 0.5) is 19.0 Å². The Balaban J connectivity index is 1.89. The number of aromatic nitrogens is 2. The van der Waals surface area contributed by atoms with Crippen molar-refractivity contribution in [1.82, 2.24) is 9.78 Å². The molecule has 0 saturated heterocycles. The molecule has 1 atom stereocenters. The third-order valence-corrected chi connectivity index (χ3v) is 4.54. The summed E-state index contributed by atoms with van der Waals surface area (Å²) in [5.41, 5.74) is 3.67. The summed E-state index contributed by atoms with van der Waals surface area (Å²) in [6, 6.07) is 9.28. The van der Waals surface area contributed by atoms with Crippen LogP contribution in [0, 0.1) is 24.4 Å². The molecular formula is C20H16F3N3. The molecule has 2 heterocycles. The number of hydrogen-bond acceptors (Lipinski definition) is 2. The largest absolute Gasteiger partial charge is 0.239 e. The standard InChI is InChI=1S/C20H16F3N3/c1-11-7-18(14-8-16(22)10-17(23)9-14)26-20(24-11)19(12(2)25-26)13-3-5-15(21)6-4-13/h3-6,8-10,18H,7H2,1-2H3/t18-/m1/s1. The Kier molecular flexibility index (Phi) is 3.90. The summed E-state index contributed by atoms with van der Waals surface area (Å²) in [6.07, 6.45) is 0.514. The number of benzene rings is 2. The molecule has 3 aromatic rings. The second kappa shape index (κ2) is 6.12. The van der Waals surface area contributed by atoms with Crippen LogP contribution in [0.3, 0.4) is 0 Å². The van der Waals surface area contributed by atoms with Crippen molar-refractivity contribution in [3.05, 3.63) is 71.2 Å². The van der Waals surface area contributed by atoms with Gasteiger partial charge in [-0.3, -0.25) is 0 Å². The lowest BCUT2D eigenvalue weighted by atomic mass is 9.99. The molecule has 0 spiro atoms. The fourth-order valence-corrected chi connectivity index (χ4v) is 3.43. The van der Waals surface area contributed by atoms with Crippen LogP contribution in [0.1, 0.15) is 30.6 Å². The molecule has 0 aliphatic carbocycles. The summed E-state index contributed by atoms with van der Waals surface area (Å²) in [5.74, 6) is -0.943. The first-order valence-electron chi connectivity index (χ1n) is 8.27. The number of hydrogen-bond donors (Lipinski definition) is 0. The molecule has 4 rings (SSSR count). The lowest BCUT2D eigenvalue weighted by Gasteiger charge is -2.24. The van der Waals surface area contributed by atoms with Gasteiger partial charge in [-0.1, -0.05) is 12.1 Å². The zero-order chi connectivity index (χ0) is 18.4. The van der Waals surface area contributed by atoms with Gasteiger partial charge in [0.1, 0.15) is 17.5 Å². The fraction of sp³-hybridized carbons (Fsp3) is 0.200. The number of aliphatic imine (C=N–C) groups is 1. The van der Waals surface area contributed by atoms with Crippen LogP contribution in [0.5, 0.6) is 0 Å². The highest BCUT2D eigenvalue weighted by molar-refractivity contribution is 5.90. The van der Waals surface area contributed by atoms with E-state index in [1.54, 1.807) is 16.8 Å². The maximum Gasteiger partial charge on any atom is 0.159 e. The van der Waals surface area contributed by atoms with E-state index in [-0.39, 0.29) is 11.9 Å². The summed E-state index contributed by atoms with van der Waals surface area (Å²) >= 11 is 0. The molecule has 1 aromatic heterocycles. The Morgan fingerprint density at radius 2 is 1.58 bits per heavy atom. The zero-order valence-corrected chi connectivity index (χ0v) is 14.3. The van der Waals surface area contributed by atoms with Crippen molar-refractivity contribution in [3.63, 3.8) is 0 Å². The molecular weight excluding hydrogens is 339 g/mol. The molecule has 2 aromatic carbocycles. The summed E-state index contributed by atoms with van der Waals surface area (Å²) in [7, 11) is 0. The van der Waals surface area contributed by atoms with Crippen LogP contribution < -0.4 is 0 Å². The molecule has 3 nitrogen and oxygen atoms in total. The van der Waals surface area contributed by atoms with E-state index in [9.17, 15) is 13.2 Å². The number of fused-ring (bicyclic) bond motifs is 1. The number of rotatable bonds is 2. The number of aryl methyl sites for hydroxylation is 1. The van der Waals surface area contributed by atoms with Crippen molar-refractivity contribution < 1.29 is 13.2 Å². The lowest BCUT2D eigenvalue weighted by Crippen LogP contribution is -2.19. The van der Waals surface area contributed by atoms with Gasteiger partial charge in [0.2, 0.25) is 0 Å². The van der Waals surface area contributed by atoms with Gasteiger partial charge in [-0.2, -0.15) is 5.10 Å². The van der Waals surface area contributed by atoms with Crippen LogP contribution in [-0.4, -0.2) is 15.5 Å². The van der Waals surface area contributed by atoms with E-state index in [0.29, 0.717) is 17.8 Å². The molecule has 0 radical (unpaired) electrons. The van der Waals surface area contributed by atoms with Gasteiger partial charge in [-0.25, -0.2) is 22.8 Å². The Morgan fingerprint density at radius 3 is 2.23 bits per heavy atom. The quantitative estimate of drug-likeness (QED) is 0.608. The summed E-state index contributed by atoms with van der Waals surface area (Å²) < 4.78 is 42.4. The smallest absolute Gasteiger partial charge is 0.159 e. The van der Waals surface area contributed by atoms with Gasteiger partial charge in [-0.15, -0.1) is 0 Å². The second-order valence-electron chi connectivity index (χ2n) is 6.51. The van der Waals surface area contributed by atoms with Crippen LogP contribution in [0.25, 0.3) is 11.1 Å². The topological polar surface area (TPSA) is 30.2 Å². The number of halogens is 3. The van der Waals surface area contributed by atoms with Crippen molar-refractivity contribution in [1.29, 1.82) is 0 Å². The summed E-state index contributed by atoms with van der Waals surface area (Å²) in [4.78, 5) is 4.62. The Morgan fingerprint density at radius 1 is 0.923 bits per heavy atom. The molecule has 0 N–H and O–H groups in total. The normalized spacial score (nSPS) is 16.3. The average Bonchev–Trinajstić information content (AvgIpc) is 2.90. The minimum atomic E-state index is -0.621. The fourth-order valence-electron chi connectivity index (χ4n) is 3.43. The molecule has 0 saturated carbocycles. The van der Waals surface area contributed by atoms with E-state index in [0.717, 1.165) is 28.6 Å². The summed E-state index contributed by atoms with van der Waals surface area (Å²) in [5, 5.41) is 4.57. The maximum absolute atomic E-state index is 13.7. The first-order valence-corrected chi connectivity index (χ1v) is 8.27. The first-order chi connectivity index (χ1) is 12.4. The van der Waals surface area contributed by atoms with E-state index in [1.807, 2.05) is 13.8 Å². The average molecular weight is 355 g/mol. The van der Waals surface area contributed by atoms with Crippen LogP contribution in [-0.2, 0) is 0 Å². The highest BCUT2D eigenvalue weighted by atomic mass is 19.1. The Bertz CT molecular complexity index is 999. The molecule has 0 bridgehead atoms. The predicted octanol–water partition coefficient (Wildman–Crippen LogP) is 5.36. The van der Waals surface area contributed by atoms with Crippen molar-refractivity contribution in [3.8, 4) is 11.1 Å². The van der Waals surface area contributed by atoms with Gasteiger partial charge in [0.15, 0.2) is 5.82 Å². The molecule has 1 aliphatic heterocycles. The minimum absolute atomic E-state index is 0.319. The van der Waals surface area contributed by atoms with E-state index < -0.39 is 11.6 Å². The molecule has 132 valence electrons. The molecule has 0 unspecified atom stereocenters. The highest BCUT2D eigenvalue weighted by Crippen LogP contribution is 2.41. The predicted molar refractivity (Wildman–Crippen MR) is 94.2 cm³/mol. The molecule has 0 amide bonds. The second-order valence-corrected chi connectivity index (χ2v) is 6.51. The summed E-state index contributed by atoms with van der Waals surface area (Å²) in [6.45, 7) is 3.72. The Hall–Kier alpha value is -2.89. The van der Waals surface area contributed by atoms with Crippen molar-refractivity contribution in [2.75, 3.05) is 0 Å². The third-order valence-electron chi connectivity index (χ3n) is 4.54. The van der Waals surface area contributed by atoms with Crippen molar-refractivity contribution in [2.24, 2.45) is 4.99 Å². The van der Waals surface area contributed by atoms with Gasteiger partial charge >= 0.3 is 0 Å². The minimum Gasteiger partial charge on any atom is -0.239 e. The third kappa shape index (κ3) is 2.81. The lowest BCUT2D eigenvalue weighted by molar-refractivity contribution is 0.514. The van der Waals surface area contributed by atoms with Gasteiger partial charge in [0.05, 0.1) is 11.7 Å². The molecule has 1 aliphatic rings. The molecule has 6 heteroatoms. The van der Waals surface area contributed by atoms with E-state index >= 15 is 0 Å². The highest BCUT2D eigenvalue weighted by Gasteiger charge is 2.28. The van der Waals surface area contributed by atoms with Crippen LogP contribution in [0.15, 0.2) is 47.5 Å².